The van der Waals surface area contributed by atoms with Crippen molar-refractivity contribution in [2.24, 2.45) is 0 Å². The number of amides is 1. The number of nitrogens with one attached hydrogen (secondary N) is 1. The van der Waals surface area contributed by atoms with Gasteiger partial charge in [-0.2, -0.15) is 0 Å². The monoisotopic (exact) mass is 388 g/mol. The third-order valence-electron chi connectivity index (χ3n) is 6.31. The molecule has 3 aliphatic rings. The van der Waals surface area contributed by atoms with Gasteiger partial charge in [-0.05, 0) is 63.6 Å². The van der Waals surface area contributed by atoms with Crippen molar-refractivity contribution in [3.05, 3.63) is 35.9 Å². The number of carbonyl (C=O) groups excluding carboxylic acids is 1. The summed E-state index contributed by atoms with van der Waals surface area (Å²) in [5.41, 5.74) is 1.18. The van der Waals surface area contributed by atoms with E-state index in [-0.39, 0.29) is 25.0 Å². The summed E-state index contributed by atoms with van der Waals surface area (Å²) in [5, 5.41) is 3.36. The lowest BCUT2D eigenvalue weighted by Crippen LogP contribution is -2.58. The first-order valence-corrected chi connectivity index (χ1v) is 11.0. The zero-order chi connectivity index (χ0) is 19.1. The molecule has 0 bridgehead atoms. The third kappa shape index (κ3) is 5.57. The van der Waals surface area contributed by atoms with Crippen LogP contribution in [0.1, 0.15) is 71.8 Å². The molecule has 1 aromatic carbocycles. The Morgan fingerprint density at radius 3 is 2.50 bits per heavy atom. The lowest BCUT2D eigenvalue weighted by atomic mass is 9.76. The zero-order valence-electron chi connectivity index (χ0n) is 17.1. The smallest absolute Gasteiger partial charge is 0.224 e. The zero-order valence-corrected chi connectivity index (χ0v) is 17.1. The van der Waals surface area contributed by atoms with E-state index in [4.69, 9.17) is 4.74 Å². The Hall–Kier alpha value is -1.39. The quantitative estimate of drug-likeness (QED) is 0.821. The summed E-state index contributed by atoms with van der Waals surface area (Å²) >= 11 is 0. The number of likely N-dealkylation sites (tertiary alicyclic amines) is 1. The van der Waals surface area contributed by atoms with Gasteiger partial charge in [0, 0.05) is 18.7 Å². The van der Waals surface area contributed by atoms with Crippen molar-refractivity contribution in [2.75, 3.05) is 19.7 Å². The standard InChI is InChI=1S/C21H30N2O2.C2H6.CH4/c24-20(15-17-7-2-1-3-8-17)22-18-9-11-21(10-6-14-25-21)16-19(18)23-12-4-5-13-23;1-2;/h1-3,7-8,18-19H,4-6,9-16H2,(H,22,24);1-2H3;1H4/t18-,19-,21-;;/m0../s1. The van der Waals surface area contributed by atoms with E-state index < -0.39 is 0 Å². The molecular weight excluding hydrogens is 348 g/mol. The maximum Gasteiger partial charge on any atom is 0.224 e. The van der Waals surface area contributed by atoms with Gasteiger partial charge in [0.05, 0.1) is 12.0 Å². The number of rotatable bonds is 4. The van der Waals surface area contributed by atoms with Crippen LogP contribution in [0.25, 0.3) is 0 Å². The highest BCUT2D eigenvalue weighted by Crippen LogP contribution is 2.41. The molecule has 28 heavy (non-hydrogen) atoms. The van der Waals surface area contributed by atoms with Crippen LogP contribution in [0.5, 0.6) is 0 Å². The van der Waals surface area contributed by atoms with Crippen molar-refractivity contribution < 1.29 is 9.53 Å². The lowest BCUT2D eigenvalue weighted by molar-refractivity contribution is -0.123. The number of hydrogen-bond donors (Lipinski definition) is 1. The number of hydrogen-bond acceptors (Lipinski definition) is 3. The Kier molecular flexibility index (Phi) is 8.97. The highest BCUT2D eigenvalue weighted by molar-refractivity contribution is 5.78. The molecule has 2 heterocycles. The van der Waals surface area contributed by atoms with Crippen LogP contribution >= 0.6 is 0 Å². The molecule has 4 rings (SSSR count). The molecule has 2 aliphatic heterocycles. The van der Waals surface area contributed by atoms with Crippen molar-refractivity contribution in [2.45, 2.75) is 90.3 Å². The summed E-state index contributed by atoms with van der Waals surface area (Å²) in [6.07, 6.45) is 8.66. The molecule has 1 saturated carbocycles. The predicted octanol–water partition coefficient (Wildman–Crippen LogP) is 4.57. The first-order valence-electron chi connectivity index (χ1n) is 11.0. The Morgan fingerprint density at radius 1 is 1.14 bits per heavy atom. The summed E-state index contributed by atoms with van der Waals surface area (Å²) in [4.78, 5) is 15.2. The Labute approximate surface area is 172 Å². The summed E-state index contributed by atoms with van der Waals surface area (Å²) in [5.74, 6) is 0.156. The lowest BCUT2D eigenvalue weighted by Gasteiger charge is -2.46. The molecule has 4 heteroatoms. The highest BCUT2D eigenvalue weighted by Gasteiger charge is 2.46. The van der Waals surface area contributed by atoms with Gasteiger partial charge in [-0.3, -0.25) is 9.69 Å². The van der Waals surface area contributed by atoms with E-state index in [1.165, 1.54) is 38.8 Å². The molecule has 3 fully saturated rings. The van der Waals surface area contributed by atoms with Crippen LogP contribution in [0, 0.1) is 0 Å². The van der Waals surface area contributed by atoms with Gasteiger partial charge in [0.15, 0.2) is 0 Å². The van der Waals surface area contributed by atoms with Crippen LogP contribution < -0.4 is 5.32 Å². The van der Waals surface area contributed by atoms with Gasteiger partial charge >= 0.3 is 0 Å². The topological polar surface area (TPSA) is 41.6 Å². The summed E-state index contributed by atoms with van der Waals surface area (Å²) in [6, 6.07) is 10.7. The Bertz CT molecular complexity index is 578. The predicted molar refractivity (Wildman–Crippen MR) is 117 cm³/mol. The minimum absolute atomic E-state index is 0. The van der Waals surface area contributed by atoms with Gasteiger partial charge in [-0.1, -0.05) is 51.6 Å². The Morgan fingerprint density at radius 2 is 1.86 bits per heavy atom. The molecule has 0 radical (unpaired) electrons. The molecule has 1 spiro atoms. The maximum atomic E-state index is 12.6. The van der Waals surface area contributed by atoms with Crippen LogP contribution in [0.2, 0.25) is 0 Å². The van der Waals surface area contributed by atoms with Crippen LogP contribution in [0.3, 0.4) is 0 Å². The molecule has 2 saturated heterocycles. The van der Waals surface area contributed by atoms with Crippen LogP contribution in [0.15, 0.2) is 30.3 Å². The second-order valence-corrected chi connectivity index (χ2v) is 8.02. The van der Waals surface area contributed by atoms with Gasteiger partial charge in [0.1, 0.15) is 0 Å². The average molecular weight is 389 g/mol. The van der Waals surface area contributed by atoms with Gasteiger partial charge in [-0.15, -0.1) is 0 Å². The van der Waals surface area contributed by atoms with Gasteiger partial charge in [0.2, 0.25) is 5.91 Å². The first-order chi connectivity index (χ1) is 13.2. The van der Waals surface area contributed by atoms with E-state index in [1.807, 2.05) is 44.2 Å². The van der Waals surface area contributed by atoms with Crippen molar-refractivity contribution >= 4 is 5.91 Å². The molecule has 1 N–H and O–H groups in total. The van der Waals surface area contributed by atoms with Gasteiger partial charge in [-0.25, -0.2) is 0 Å². The number of ether oxygens (including phenoxy) is 1. The van der Waals surface area contributed by atoms with Crippen molar-refractivity contribution in [3.63, 3.8) is 0 Å². The van der Waals surface area contributed by atoms with E-state index in [0.717, 1.165) is 31.4 Å². The van der Waals surface area contributed by atoms with Crippen LogP contribution in [0.4, 0.5) is 0 Å². The van der Waals surface area contributed by atoms with E-state index in [9.17, 15) is 4.79 Å². The number of benzene rings is 1. The van der Waals surface area contributed by atoms with Crippen molar-refractivity contribution in [1.29, 1.82) is 0 Å². The third-order valence-corrected chi connectivity index (χ3v) is 6.31. The van der Waals surface area contributed by atoms with E-state index in [0.29, 0.717) is 12.5 Å². The average Bonchev–Trinajstić information content (AvgIpc) is 3.38. The van der Waals surface area contributed by atoms with E-state index in [1.54, 1.807) is 0 Å². The SMILES string of the molecule is C.CC.O=C(Cc1ccccc1)N[C@H]1CC[C@@]2(CCCO2)C[C@@H]1N1CCCC1. The first kappa shape index (κ1) is 22.9. The van der Waals surface area contributed by atoms with Crippen LogP contribution in [-0.2, 0) is 16.0 Å². The van der Waals surface area contributed by atoms with Gasteiger partial charge in [0.25, 0.3) is 0 Å². The molecule has 4 nitrogen and oxygen atoms in total. The largest absolute Gasteiger partial charge is 0.375 e. The van der Waals surface area contributed by atoms with Crippen molar-refractivity contribution in [3.8, 4) is 0 Å². The molecule has 0 unspecified atom stereocenters. The minimum Gasteiger partial charge on any atom is -0.375 e. The molecular formula is C24H40N2O2. The second kappa shape index (κ2) is 11.0. The molecule has 0 aromatic heterocycles. The van der Waals surface area contributed by atoms with Crippen LogP contribution in [-0.4, -0.2) is 48.2 Å². The highest BCUT2D eigenvalue weighted by atomic mass is 16.5. The van der Waals surface area contributed by atoms with E-state index in [2.05, 4.69) is 10.2 Å². The van der Waals surface area contributed by atoms with Crippen molar-refractivity contribution in [1.82, 2.24) is 10.2 Å². The normalized spacial score (nSPS) is 29.6. The summed E-state index contributed by atoms with van der Waals surface area (Å²) in [7, 11) is 0. The Balaban J connectivity index is 0.000000906. The molecule has 1 amide bonds. The molecule has 158 valence electrons. The maximum absolute atomic E-state index is 12.6. The second-order valence-electron chi connectivity index (χ2n) is 8.02. The summed E-state index contributed by atoms with van der Waals surface area (Å²) < 4.78 is 6.18. The molecule has 1 aliphatic carbocycles. The fourth-order valence-electron chi connectivity index (χ4n) is 5.01. The minimum atomic E-state index is 0. The van der Waals surface area contributed by atoms with Gasteiger partial charge < -0.3 is 10.1 Å². The fraction of sp³-hybridized carbons (Fsp3) is 0.708. The summed E-state index contributed by atoms with van der Waals surface area (Å²) in [6.45, 7) is 7.26. The number of nitrogens with zero attached hydrogens (tertiary/aromatic N) is 1. The molecule has 1 aromatic rings. The fourth-order valence-corrected chi connectivity index (χ4v) is 5.01. The van der Waals surface area contributed by atoms with E-state index >= 15 is 0 Å². The number of carbonyl (C=O) groups is 1. The molecule has 3 atom stereocenters.